The summed E-state index contributed by atoms with van der Waals surface area (Å²) in [6, 6.07) is -0.440. The van der Waals surface area contributed by atoms with Gasteiger partial charge in [-0.1, -0.05) is 0 Å². The molecule has 2 rings (SSSR count). The van der Waals surface area contributed by atoms with E-state index in [1.54, 1.807) is 6.92 Å². The smallest absolute Gasteiger partial charge is 0.273 e. The van der Waals surface area contributed by atoms with E-state index >= 15 is 0 Å². The average molecular weight is 273 g/mol. The lowest BCUT2D eigenvalue weighted by Crippen LogP contribution is -2.54. The zero-order chi connectivity index (χ0) is 13.1. The number of aromatic nitrogens is 2. The summed E-state index contributed by atoms with van der Waals surface area (Å²) in [6.07, 6.45) is -1.07. The lowest BCUT2D eigenvalue weighted by Gasteiger charge is -2.34. The highest BCUT2D eigenvalue weighted by Crippen LogP contribution is 2.15. The largest absolute Gasteiger partial charge is 0.394 e. The van der Waals surface area contributed by atoms with E-state index in [0.29, 0.717) is 18.7 Å². The van der Waals surface area contributed by atoms with Crippen LogP contribution in [0.3, 0.4) is 0 Å². The molecule has 0 bridgehead atoms. The minimum Gasteiger partial charge on any atom is -0.394 e. The van der Waals surface area contributed by atoms with Crippen LogP contribution in [-0.4, -0.2) is 56.3 Å². The Bertz CT molecular complexity index is 425. The van der Waals surface area contributed by atoms with E-state index in [0.717, 1.165) is 11.7 Å². The summed E-state index contributed by atoms with van der Waals surface area (Å²) in [5.41, 5.74) is 0.844. The first kappa shape index (κ1) is 13.3. The number of aliphatic hydroxyl groups excluding tert-OH is 2. The van der Waals surface area contributed by atoms with Crippen molar-refractivity contribution in [3.63, 3.8) is 0 Å². The molecule has 1 fully saturated rings. The van der Waals surface area contributed by atoms with Crippen molar-refractivity contribution in [3.05, 3.63) is 11.4 Å². The summed E-state index contributed by atoms with van der Waals surface area (Å²) in [5.74, 6) is -0.358. The predicted octanol–water partition coefficient (Wildman–Crippen LogP) is -0.913. The second-order valence-corrected chi connectivity index (χ2v) is 4.68. The number of rotatable bonds is 3. The van der Waals surface area contributed by atoms with Crippen molar-refractivity contribution in [1.29, 1.82) is 0 Å². The number of hydrogen-bond donors (Lipinski definition) is 3. The molecule has 3 N–H and O–H groups in total. The van der Waals surface area contributed by atoms with E-state index in [2.05, 4.69) is 14.1 Å². The lowest BCUT2D eigenvalue weighted by atomic mass is 10.00. The van der Waals surface area contributed by atoms with E-state index in [4.69, 9.17) is 9.84 Å². The first-order valence-corrected chi connectivity index (χ1v) is 6.37. The van der Waals surface area contributed by atoms with Crippen molar-refractivity contribution < 1.29 is 19.7 Å². The van der Waals surface area contributed by atoms with Gasteiger partial charge in [0.15, 0.2) is 5.69 Å². The number of nitrogens with one attached hydrogen (secondary N) is 1. The molecule has 0 aromatic carbocycles. The zero-order valence-electron chi connectivity index (χ0n) is 9.87. The van der Waals surface area contributed by atoms with Gasteiger partial charge in [-0.3, -0.25) is 4.79 Å². The normalized spacial score (nSPS) is 28.1. The molecule has 1 saturated heterocycles. The maximum atomic E-state index is 11.9. The fourth-order valence-corrected chi connectivity index (χ4v) is 2.41. The molecule has 18 heavy (non-hydrogen) atoms. The third-order valence-corrected chi connectivity index (χ3v) is 3.54. The van der Waals surface area contributed by atoms with Crippen LogP contribution < -0.4 is 5.32 Å². The fourth-order valence-electron chi connectivity index (χ4n) is 1.87. The molecule has 0 radical (unpaired) electrons. The summed E-state index contributed by atoms with van der Waals surface area (Å²) >= 11 is 0.974. The molecule has 100 valence electrons. The van der Waals surface area contributed by atoms with E-state index < -0.39 is 18.2 Å². The SMILES string of the molecule is Cc1nsnc1C(=O)N[C@H]1CCO[C@H](CO)[C@H]1O. The van der Waals surface area contributed by atoms with Crippen molar-refractivity contribution in [2.75, 3.05) is 13.2 Å². The van der Waals surface area contributed by atoms with Crippen LogP contribution in [-0.2, 0) is 4.74 Å². The van der Waals surface area contributed by atoms with Crippen LogP contribution in [0, 0.1) is 6.92 Å². The number of amides is 1. The molecule has 1 aromatic heterocycles. The summed E-state index contributed by atoms with van der Waals surface area (Å²) < 4.78 is 13.0. The Morgan fingerprint density at radius 1 is 1.61 bits per heavy atom. The van der Waals surface area contributed by atoms with Crippen LogP contribution in [0.1, 0.15) is 22.6 Å². The highest BCUT2D eigenvalue weighted by Gasteiger charge is 2.33. The fraction of sp³-hybridized carbons (Fsp3) is 0.700. The number of ether oxygens (including phenoxy) is 1. The average Bonchev–Trinajstić information content (AvgIpc) is 2.78. The minimum atomic E-state index is -0.917. The quantitative estimate of drug-likeness (QED) is 0.658. The molecular weight excluding hydrogens is 258 g/mol. The maximum Gasteiger partial charge on any atom is 0.273 e. The van der Waals surface area contributed by atoms with Crippen molar-refractivity contribution in [2.24, 2.45) is 0 Å². The van der Waals surface area contributed by atoms with Gasteiger partial charge in [0, 0.05) is 6.61 Å². The molecule has 7 nitrogen and oxygen atoms in total. The Morgan fingerprint density at radius 2 is 2.39 bits per heavy atom. The van der Waals surface area contributed by atoms with Gasteiger partial charge in [0.2, 0.25) is 0 Å². The Hall–Kier alpha value is -1.09. The van der Waals surface area contributed by atoms with Crippen molar-refractivity contribution >= 4 is 17.6 Å². The molecule has 0 saturated carbocycles. The molecule has 1 aliphatic heterocycles. The van der Waals surface area contributed by atoms with Gasteiger partial charge in [0.1, 0.15) is 12.2 Å². The molecule has 1 amide bonds. The summed E-state index contributed by atoms with van der Waals surface area (Å²) in [5, 5.41) is 21.6. The van der Waals surface area contributed by atoms with Gasteiger partial charge in [-0.2, -0.15) is 8.75 Å². The van der Waals surface area contributed by atoms with E-state index in [1.165, 1.54) is 0 Å². The van der Waals surface area contributed by atoms with Crippen molar-refractivity contribution in [1.82, 2.24) is 14.1 Å². The monoisotopic (exact) mass is 273 g/mol. The standard InChI is InChI=1S/C10H15N3O4S/c1-5-8(13-18-12-5)10(16)11-6-2-3-17-7(4-14)9(6)15/h6-7,9,14-15H,2-4H2,1H3,(H,11,16)/t6-,7+,9-/m0/s1. The van der Waals surface area contributed by atoms with Crippen LogP contribution >= 0.6 is 11.7 Å². The predicted molar refractivity (Wildman–Crippen MR) is 63.3 cm³/mol. The number of carbonyl (C=O) groups is 1. The second-order valence-electron chi connectivity index (χ2n) is 4.15. The molecule has 8 heteroatoms. The Kier molecular flexibility index (Phi) is 4.23. The van der Waals surface area contributed by atoms with E-state index in [9.17, 15) is 9.90 Å². The number of carbonyl (C=O) groups excluding carboxylic acids is 1. The Morgan fingerprint density at radius 3 is 3.00 bits per heavy atom. The van der Waals surface area contributed by atoms with Gasteiger partial charge in [-0.25, -0.2) is 0 Å². The maximum absolute atomic E-state index is 11.9. The Labute approximate surface area is 108 Å². The van der Waals surface area contributed by atoms with Crippen LogP contribution in [0.25, 0.3) is 0 Å². The van der Waals surface area contributed by atoms with Crippen LogP contribution in [0.2, 0.25) is 0 Å². The van der Waals surface area contributed by atoms with E-state index in [1.807, 2.05) is 0 Å². The molecule has 0 unspecified atom stereocenters. The zero-order valence-corrected chi connectivity index (χ0v) is 10.7. The molecule has 0 spiro atoms. The number of aliphatic hydroxyl groups is 2. The number of nitrogens with zero attached hydrogens (tertiary/aromatic N) is 2. The molecule has 3 atom stereocenters. The lowest BCUT2D eigenvalue weighted by molar-refractivity contribution is -0.107. The molecule has 0 aliphatic carbocycles. The first-order chi connectivity index (χ1) is 8.63. The molecule has 1 aromatic rings. The topological polar surface area (TPSA) is 105 Å². The van der Waals surface area contributed by atoms with Gasteiger partial charge < -0.3 is 20.3 Å². The van der Waals surface area contributed by atoms with Crippen LogP contribution in [0.15, 0.2) is 0 Å². The number of aryl methyl sites for hydroxylation is 1. The second kappa shape index (κ2) is 5.70. The third-order valence-electron chi connectivity index (χ3n) is 2.92. The van der Waals surface area contributed by atoms with E-state index in [-0.39, 0.29) is 18.2 Å². The molecule has 2 heterocycles. The molecular formula is C10H15N3O4S. The van der Waals surface area contributed by atoms with Gasteiger partial charge in [-0.05, 0) is 13.3 Å². The van der Waals surface area contributed by atoms with Gasteiger partial charge in [-0.15, -0.1) is 0 Å². The first-order valence-electron chi connectivity index (χ1n) is 5.64. The van der Waals surface area contributed by atoms with Gasteiger partial charge >= 0.3 is 0 Å². The Balaban J connectivity index is 2.01. The van der Waals surface area contributed by atoms with Gasteiger partial charge in [0.25, 0.3) is 5.91 Å². The van der Waals surface area contributed by atoms with Crippen molar-refractivity contribution in [2.45, 2.75) is 31.6 Å². The van der Waals surface area contributed by atoms with Crippen LogP contribution in [0.5, 0.6) is 0 Å². The third kappa shape index (κ3) is 2.66. The number of hydrogen-bond acceptors (Lipinski definition) is 7. The summed E-state index contributed by atoms with van der Waals surface area (Å²) in [6.45, 7) is 1.82. The van der Waals surface area contributed by atoms with Crippen LogP contribution in [0.4, 0.5) is 0 Å². The van der Waals surface area contributed by atoms with Gasteiger partial charge in [0.05, 0.1) is 30.1 Å². The highest BCUT2D eigenvalue weighted by molar-refractivity contribution is 6.99. The highest BCUT2D eigenvalue weighted by atomic mass is 32.1. The summed E-state index contributed by atoms with van der Waals surface area (Å²) in [7, 11) is 0. The minimum absolute atomic E-state index is 0.273. The van der Waals surface area contributed by atoms with Crippen molar-refractivity contribution in [3.8, 4) is 0 Å². The summed E-state index contributed by atoms with van der Waals surface area (Å²) in [4.78, 5) is 11.9. The molecule has 1 aliphatic rings.